The molecule has 0 bridgehead atoms. The second kappa shape index (κ2) is 5.73. The molecule has 1 aliphatic rings. The maximum atomic E-state index is 12.9. The van der Waals surface area contributed by atoms with Gasteiger partial charge >= 0.3 is 0 Å². The molecular formula is C11H21F2N3O. The Hall–Kier alpha value is -0.750. The van der Waals surface area contributed by atoms with Crippen LogP contribution in [0.4, 0.5) is 8.78 Å². The summed E-state index contributed by atoms with van der Waals surface area (Å²) in [7, 11) is 1.71. The zero-order chi connectivity index (χ0) is 13.1. The summed E-state index contributed by atoms with van der Waals surface area (Å²) in [5.41, 5.74) is 5.28. The van der Waals surface area contributed by atoms with E-state index in [0.29, 0.717) is 13.1 Å². The van der Waals surface area contributed by atoms with Gasteiger partial charge in [-0.3, -0.25) is 9.69 Å². The molecule has 2 N–H and O–H groups in total. The second-order valence-electron chi connectivity index (χ2n) is 4.80. The number of piperidine rings is 1. The first kappa shape index (κ1) is 14.3. The Morgan fingerprint density at radius 3 is 2.41 bits per heavy atom. The van der Waals surface area contributed by atoms with Crippen molar-refractivity contribution in [1.29, 1.82) is 0 Å². The SMILES string of the molecule is CN(CC(C)(F)F)C1CCN(C(=O)CN)CC1. The Morgan fingerprint density at radius 1 is 1.47 bits per heavy atom. The van der Waals surface area contributed by atoms with Crippen molar-refractivity contribution in [2.75, 3.05) is 33.2 Å². The van der Waals surface area contributed by atoms with Gasteiger partial charge in [0.05, 0.1) is 13.1 Å². The van der Waals surface area contributed by atoms with Crippen molar-refractivity contribution >= 4 is 5.91 Å². The summed E-state index contributed by atoms with van der Waals surface area (Å²) >= 11 is 0. The van der Waals surface area contributed by atoms with Crippen LogP contribution in [0.25, 0.3) is 0 Å². The van der Waals surface area contributed by atoms with Crippen LogP contribution in [0.5, 0.6) is 0 Å². The van der Waals surface area contributed by atoms with Crippen LogP contribution in [0.3, 0.4) is 0 Å². The quantitative estimate of drug-likeness (QED) is 0.790. The summed E-state index contributed by atoms with van der Waals surface area (Å²) < 4.78 is 25.7. The van der Waals surface area contributed by atoms with E-state index in [2.05, 4.69) is 0 Å². The summed E-state index contributed by atoms with van der Waals surface area (Å²) in [6, 6.07) is 0.127. The maximum absolute atomic E-state index is 12.9. The van der Waals surface area contributed by atoms with Gasteiger partial charge in [-0.15, -0.1) is 0 Å². The standard InChI is InChI=1S/C11H21F2N3O/c1-11(12,13)8-15(2)9-3-5-16(6-4-9)10(17)7-14/h9H,3-8,14H2,1-2H3. The average molecular weight is 249 g/mol. The number of amides is 1. The van der Waals surface area contributed by atoms with Crippen LogP contribution in [-0.2, 0) is 4.79 Å². The first-order valence-electron chi connectivity index (χ1n) is 5.89. The molecule has 4 nitrogen and oxygen atoms in total. The lowest BCUT2D eigenvalue weighted by molar-refractivity contribution is -0.131. The van der Waals surface area contributed by atoms with Gasteiger partial charge in [0.2, 0.25) is 5.91 Å². The number of halogens is 2. The number of hydrogen-bond donors (Lipinski definition) is 1. The number of carbonyl (C=O) groups is 1. The van der Waals surface area contributed by atoms with E-state index in [1.165, 1.54) is 0 Å². The number of nitrogens with two attached hydrogens (primary N) is 1. The van der Waals surface area contributed by atoms with Gasteiger partial charge in [-0.05, 0) is 19.9 Å². The van der Waals surface area contributed by atoms with Crippen molar-refractivity contribution in [3.63, 3.8) is 0 Å². The molecule has 0 aliphatic carbocycles. The van der Waals surface area contributed by atoms with Gasteiger partial charge < -0.3 is 10.6 Å². The summed E-state index contributed by atoms with van der Waals surface area (Å²) in [5.74, 6) is -2.73. The Kier molecular flexibility index (Phi) is 4.82. The molecule has 0 saturated carbocycles. The molecule has 0 spiro atoms. The minimum atomic E-state index is -2.67. The highest BCUT2D eigenvalue weighted by molar-refractivity contribution is 5.78. The van der Waals surface area contributed by atoms with Gasteiger partial charge in [-0.25, -0.2) is 8.78 Å². The highest BCUT2D eigenvalue weighted by atomic mass is 19.3. The highest BCUT2D eigenvalue weighted by Gasteiger charge is 2.30. The Balaban J connectivity index is 2.39. The van der Waals surface area contributed by atoms with Crippen molar-refractivity contribution in [1.82, 2.24) is 9.80 Å². The molecule has 0 aromatic heterocycles. The van der Waals surface area contributed by atoms with Crippen LogP contribution < -0.4 is 5.73 Å². The molecule has 0 aromatic rings. The third kappa shape index (κ3) is 4.55. The minimum absolute atomic E-state index is 0.0214. The lowest BCUT2D eigenvalue weighted by atomic mass is 10.0. The van der Waals surface area contributed by atoms with Crippen molar-refractivity contribution in [3.8, 4) is 0 Å². The minimum Gasteiger partial charge on any atom is -0.341 e. The predicted molar refractivity (Wildman–Crippen MR) is 61.9 cm³/mol. The highest BCUT2D eigenvalue weighted by Crippen LogP contribution is 2.20. The zero-order valence-electron chi connectivity index (χ0n) is 10.5. The number of alkyl halides is 2. The molecule has 1 amide bonds. The molecule has 6 heteroatoms. The molecule has 0 unspecified atom stereocenters. The third-order valence-corrected chi connectivity index (χ3v) is 3.14. The van der Waals surface area contributed by atoms with Crippen molar-refractivity contribution in [2.45, 2.75) is 31.7 Å². The summed E-state index contributed by atoms with van der Waals surface area (Å²) in [5, 5.41) is 0. The van der Waals surface area contributed by atoms with E-state index >= 15 is 0 Å². The molecule has 1 aliphatic heterocycles. The maximum Gasteiger partial charge on any atom is 0.257 e. The number of hydrogen-bond acceptors (Lipinski definition) is 3. The Morgan fingerprint density at radius 2 is 2.00 bits per heavy atom. The largest absolute Gasteiger partial charge is 0.341 e. The van der Waals surface area contributed by atoms with E-state index in [4.69, 9.17) is 5.73 Å². The first-order valence-corrected chi connectivity index (χ1v) is 5.89. The Bertz CT molecular complexity index is 260. The van der Waals surface area contributed by atoms with E-state index in [1.54, 1.807) is 16.8 Å². The number of likely N-dealkylation sites (tertiary alicyclic amines) is 1. The summed E-state index contributed by atoms with van der Waals surface area (Å²) in [6.07, 6.45) is 1.47. The van der Waals surface area contributed by atoms with Crippen LogP contribution in [0.1, 0.15) is 19.8 Å². The monoisotopic (exact) mass is 249 g/mol. The van der Waals surface area contributed by atoms with Gasteiger partial charge in [0, 0.05) is 26.1 Å². The smallest absolute Gasteiger partial charge is 0.257 e. The third-order valence-electron chi connectivity index (χ3n) is 3.14. The van der Waals surface area contributed by atoms with Crippen molar-refractivity contribution < 1.29 is 13.6 Å². The van der Waals surface area contributed by atoms with Gasteiger partial charge in [0.15, 0.2) is 0 Å². The van der Waals surface area contributed by atoms with E-state index in [-0.39, 0.29) is 25.0 Å². The van der Waals surface area contributed by atoms with Gasteiger partial charge in [0.25, 0.3) is 5.92 Å². The van der Waals surface area contributed by atoms with E-state index in [9.17, 15) is 13.6 Å². The predicted octanol–water partition coefficient (Wildman–Crippen LogP) is 0.523. The van der Waals surface area contributed by atoms with Crippen LogP contribution >= 0.6 is 0 Å². The number of carbonyl (C=O) groups excluding carboxylic acids is 1. The lowest BCUT2D eigenvalue weighted by Gasteiger charge is -2.37. The fourth-order valence-corrected chi connectivity index (χ4v) is 2.25. The lowest BCUT2D eigenvalue weighted by Crippen LogP contribution is -2.49. The molecule has 17 heavy (non-hydrogen) atoms. The van der Waals surface area contributed by atoms with E-state index < -0.39 is 5.92 Å². The molecule has 1 rings (SSSR count). The molecule has 1 saturated heterocycles. The first-order chi connectivity index (χ1) is 7.83. The van der Waals surface area contributed by atoms with Gasteiger partial charge in [0.1, 0.15) is 0 Å². The van der Waals surface area contributed by atoms with E-state index in [0.717, 1.165) is 19.8 Å². The molecule has 100 valence electrons. The number of nitrogens with zero attached hydrogens (tertiary/aromatic N) is 2. The van der Waals surface area contributed by atoms with Crippen LogP contribution in [0.2, 0.25) is 0 Å². The van der Waals surface area contributed by atoms with Crippen molar-refractivity contribution in [2.24, 2.45) is 5.73 Å². The molecule has 0 aromatic carbocycles. The molecule has 1 fully saturated rings. The van der Waals surface area contributed by atoms with E-state index in [1.807, 2.05) is 0 Å². The topological polar surface area (TPSA) is 49.6 Å². The zero-order valence-corrected chi connectivity index (χ0v) is 10.5. The van der Waals surface area contributed by atoms with Crippen LogP contribution in [0.15, 0.2) is 0 Å². The van der Waals surface area contributed by atoms with Gasteiger partial charge in [-0.1, -0.05) is 0 Å². The number of rotatable bonds is 4. The van der Waals surface area contributed by atoms with Gasteiger partial charge in [-0.2, -0.15) is 0 Å². The van der Waals surface area contributed by atoms with Crippen LogP contribution in [-0.4, -0.2) is 60.9 Å². The second-order valence-corrected chi connectivity index (χ2v) is 4.80. The summed E-state index contributed by atoms with van der Waals surface area (Å²) in [4.78, 5) is 14.7. The fraction of sp³-hybridized carbons (Fsp3) is 0.909. The molecule has 1 heterocycles. The molecule has 0 atom stereocenters. The van der Waals surface area contributed by atoms with Crippen molar-refractivity contribution in [3.05, 3.63) is 0 Å². The Labute approximate surface area is 101 Å². The molecule has 0 radical (unpaired) electrons. The van der Waals surface area contributed by atoms with Crippen LogP contribution in [0, 0.1) is 0 Å². The fourth-order valence-electron chi connectivity index (χ4n) is 2.25. The summed E-state index contributed by atoms with van der Waals surface area (Å²) in [6.45, 7) is 1.94. The average Bonchev–Trinajstić information content (AvgIpc) is 2.26. The normalized spacial score (nSPS) is 18.8. The molecular weight excluding hydrogens is 228 g/mol.